The highest BCUT2D eigenvalue weighted by Crippen LogP contribution is 2.44. The van der Waals surface area contributed by atoms with Gasteiger partial charge in [-0.2, -0.15) is 8.78 Å². The van der Waals surface area contributed by atoms with Crippen LogP contribution in [0.15, 0.2) is 30.3 Å². The molecule has 2 aliphatic carbocycles. The fraction of sp³-hybridized carbons (Fsp3) is 0.724. The predicted octanol–water partition coefficient (Wildman–Crippen LogP) is 10.1. The molecule has 0 aromatic heterocycles. The summed E-state index contributed by atoms with van der Waals surface area (Å²) in [5.74, 6) is 3.52. The summed E-state index contributed by atoms with van der Waals surface area (Å²) in [5, 5.41) is 0. The molecule has 0 saturated heterocycles. The molecule has 2 aliphatic rings. The van der Waals surface area contributed by atoms with Crippen molar-refractivity contribution in [3.8, 4) is 0 Å². The molecule has 2 heteroatoms. The molecule has 0 nitrogen and oxygen atoms in total. The Morgan fingerprint density at radius 1 is 0.742 bits per heavy atom. The Morgan fingerprint density at radius 3 is 1.87 bits per heavy atom. The second kappa shape index (κ2) is 13.4. The molecule has 31 heavy (non-hydrogen) atoms. The van der Waals surface area contributed by atoms with Gasteiger partial charge in [0.05, 0.1) is 0 Å². The minimum atomic E-state index is -1.62. The largest absolute Gasteiger partial charge is 0.270 e. The lowest BCUT2D eigenvalue weighted by atomic mass is 9.68. The molecule has 3 rings (SSSR count). The minimum absolute atomic E-state index is 0.602. The first-order valence-electron chi connectivity index (χ1n) is 13.3. The summed E-state index contributed by atoms with van der Waals surface area (Å²) in [4.78, 5) is 0. The van der Waals surface area contributed by atoms with Gasteiger partial charge in [0.2, 0.25) is 0 Å². The molecular weight excluding hydrogens is 386 g/mol. The second-order valence-corrected chi connectivity index (χ2v) is 10.4. The lowest BCUT2D eigenvalue weighted by molar-refractivity contribution is 0.155. The molecule has 2 saturated carbocycles. The third kappa shape index (κ3) is 8.35. The van der Waals surface area contributed by atoms with E-state index in [1.807, 2.05) is 12.1 Å². The molecule has 0 amide bonds. The number of halogens is 2. The number of rotatable bonds is 11. The molecule has 1 aromatic rings. The van der Waals surface area contributed by atoms with Crippen LogP contribution in [0.4, 0.5) is 8.78 Å². The minimum Gasteiger partial charge on any atom is -0.173 e. The number of hydrogen-bond acceptors (Lipinski definition) is 0. The van der Waals surface area contributed by atoms with Crippen molar-refractivity contribution in [2.45, 2.75) is 116 Å². The third-order valence-corrected chi connectivity index (χ3v) is 8.23. The molecule has 0 aliphatic heterocycles. The SMILES string of the molecule is CCCCCCCCC[C@H]1CC[C@H]([C@H]2CC[C@H](c3ccc(C=C(F)F)cc3)CC2)CC1. The zero-order valence-electron chi connectivity index (χ0n) is 19.8. The average molecular weight is 431 g/mol. The van der Waals surface area contributed by atoms with Crippen molar-refractivity contribution in [3.05, 3.63) is 41.5 Å². The quantitative estimate of drug-likeness (QED) is 0.306. The van der Waals surface area contributed by atoms with Crippen LogP contribution in [-0.4, -0.2) is 0 Å². The van der Waals surface area contributed by atoms with E-state index in [9.17, 15) is 8.78 Å². The molecule has 174 valence electrons. The first-order chi connectivity index (χ1) is 15.2. The van der Waals surface area contributed by atoms with Crippen molar-refractivity contribution in [3.63, 3.8) is 0 Å². The number of hydrogen-bond donors (Lipinski definition) is 0. The van der Waals surface area contributed by atoms with Crippen LogP contribution in [0.25, 0.3) is 6.08 Å². The average Bonchev–Trinajstić information content (AvgIpc) is 2.79. The van der Waals surface area contributed by atoms with Gasteiger partial charge in [-0.3, -0.25) is 0 Å². The Kier molecular flexibility index (Phi) is 10.6. The fourth-order valence-electron chi connectivity index (χ4n) is 6.25. The van der Waals surface area contributed by atoms with Crippen LogP contribution in [0.1, 0.15) is 127 Å². The van der Waals surface area contributed by atoms with E-state index in [0.29, 0.717) is 11.5 Å². The zero-order valence-corrected chi connectivity index (χ0v) is 19.8. The van der Waals surface area contributed by atoms with E-state index in [-0.39, 0.29) is 0 Å². The summed E-state index contributed by atoms with van der Waals surface area (Å²) in [6, 6.07) is 7.81. The van der Waals surface area contributed by atoms with Crippen LogP contribution in [-0.2, 0) is 0 Å². The molecule has 0 N–H and O–H groups in total. The lowest BCUT2D eigenvalue weighted by Crippen LogP contribution is -2.25. The summed E-state index contributed by atoms with van der Waals surface area (Å²) in [6.45, 7) is 2.29. The van der Waals surface area contributed by atoms with E-state index in [4.69, 9.17) is 0 Å². The highest BCUT2D eigenvalue weighted by molar-refractivity contribution is 5.50. The van der Waals surface area contributed by atoms with Gasteiger partial charge in [-0.05, 0) is 73.3 Å². The zero-order chi connectivity index (χ0) is 21.9. The highest BCUT2D eigenvalue weighted by Gasteiger charge is 2.31. The van der Waals surface area contributed by atoms with Crippen molar-refractivity contribution < 1.29 is 8.78 Å². The predicted molar refractivity (Wildman–Crippen MR) is 129 cm³/mol. The summed E-state index contributed by atoms with van der Waals surface area (Å²) < 4.78 is 24.8. The van der Waals surface area contributed by atoms with Gasteiger partial charge in [-0.15, -0.1) is 0 Å². The van der Waals surface area contributed by atoms with Gasteiger partial charge in [0.15, 0.2) is 0 Å². The smallest absolute Gasteiger partial charge is 0.173 e. The van der Waals surface area contributed by atoms with Gasteiger partial charge in [-0.25, -0.2) is 0 Å². The Hall–Kier alpha value is -1.18. The molecular formula is C29H44F2. The van der Waals surface area contributed by atoms with Gasteiger partial charge in [0.1, 0.15) is 0 Å². The van der Waals surface area contributed by atoms with Crippen molar-refractivity contribution in [2.75, 3.05) is 0 Å². The maximum atomic E-state index is 12.4. The monoisotopic (exact) mass is 430 g/mol. The van der Waals surface area contributed by atoms with Gasteiger partial charge < -0.3 is 0 Å². The summed E-state index contributed by atoms with van der Waals surface area (Å²) in [5.41, 5.74) is 1.94. The normalized spacial score (nSPS) is 26.5. The summed E-state index contributed by atoms with van der Waals surface area (Å²) in [7, 11) is 0. The van der Waals surface area contributed by atoms with Crippen LogP contribution in [0.3, 0.4) is 0 Å². The Balaban J connectivity index is 1.31. The Bertz CT molecular complexity index is 627. The van der Waals surface area contributed by atoms with E-state index in [1.54, 1.807) is 0 Å². The fourth-order valence-corrected chi connectivity index (χ4v) is 6.25. The van der Waals surface area contributed by atoms with Crippen LogP contribution < -0.4 is 0 Å². The molecule has 0 spiro atoms. The third-order valence-electron chi connectivity index (χ3n) is 8.23. The van der Waals surface area contributed by atoms with E-state index in [2.05, 4.69) is 19.1 Å². The van der Waals surface area contributed by atoms with E-state index in [0.717, 1.165) is 23.8 Å². The Morgan fingerprint density at radius 2 is 1.29 bits per heavy atom. The van der Waals surface area contributed by atoms with Crippen LogP contribution >= 0.6 is 0 Å². The van der Waals surface area contributed by atoms with Crippen molar-refractivity contribution in [2.24, 2.45) is 17.8 Å². The summed E-state index contributed by atoms with van der Waals surface area (Å²) >= 11 is 0. The molecule has 0 unspecified atom stereocenters. The maximum Gasteiger partial charge on any atom is 0.270 e. The van der Waals surface area contributed by atoms with Gasteiger partial charge in [0.25, 0.3) is 6.08 Å². The topological polar surface area (TPSA) is 0 Å². The lowest BCUT2D eigenvalue weighted by Gasteiger charge is -2.38. The van der Waals surface area contributed by atoms with E-state index < -0.39 is 6.08 Å². The molecule has 0 bridgehead atoms. The van der Waals surface area contributed by atoms with Gasteiger partial charge in [-0.1, -0.05) is 95.4 Å². The first-order valence-corrected chi connectivity index (χ1v) is 13.3. The Labute approximate surface area is 189 Å². The van der Waals surface area contributed by atoms with E-state index >= 15 is 0 Å². The van der Waals surface area contributed by atoms with Gasteiger partial charge >= 0.3 is 0 Å². The molecule has 0 radical (unpaired) electrons. The van der Waals surface area contributed by atoms with Crippen molar-refractivity contribution in [1.82, 2.24) is 0 Å². The van der Waals surface area contributed by atoms with Crippen molar-refractivity contribution >= 4 is 6.08 Å². The number of benzene rings is 1. The molecule has 0 heterocycles. The summed E-state index contributed by atoms with van der Waals surface area (Å²) in [6.07, 6.45) is 21.9. The second-order valence-electron chi connectivity index (χ2n) is 10.4. The molecule has 0 atom stereocenters. The van der Waals surface area contributed by atoms with Crippen LogP contribution in [0, 0.1) is 17.8 Å². The molecule has 1 aromatic carbocycles. The van der Waals surface area contributed by atoms with E-state index in [1.165, 1.54) is 108 Å². The van der Waals surface area contributed by atoms with Crippen molar-refractivity contribution in [1.29, 1.82) is 0 Å². The number of unbranched alkanes of at least 4 members (excludes halogenated alkanes) is 6. The maximum absolute atomic E-state index is 12.4. The highest BCUT2D eigenvalue weighted by atomic mass is 19.3. The van der Waals surface area contributed by atoms with Crippen LogP contribution in [0.5, 0.6) is 0 Å². The standard InChI is InChI=1S/C29H44F2/c1-2-3-4-5-6-7-8-9-23-10-14-25(15-11-23)27-18-20-28(21-19-27)26-16-12-24(13-17-26)22-29(30)31/h12-13,16-17,22-23,25,27-28H,2-11,14-15,18-21H2,1H3/t23-,25-,27-,28-. The molecule has 2 fully saturated rings. The first kappa shape index (κ1) is 24.5. The van der Waals surface area contributed by atoms with Gasteiger partial charge in [0, 0.05) is 6.08 Å². The van der Waals surface area contributed by atoms with Crippen LogP contribution in [0.2, 0.25) is 0 Å².